The van der Waals surface area contributed by atoms with Gasteiger partial charge in [-0.2, -0.15) is 0 Å². The van der Waals surface area contributed by atoms with E-state index in [1.807, 2.05) is 0 Å². The van der Waals surface area contributed by atoms with E-state index in [-0.39, 0.29) is 19.3 Å². The molecular formula is C12H20N2O4. The van der Waals surface area contributed by atoms with E-state index in [1.165, 1.54) is 4.90 Å². The lowest BCUT2D eigenvalue weighted by Gasteiger charge is -2.20. The molecule has 18 heavy (non-hydrogen) atoms. The molecular weight excluding hydrogens is 236 g/mol. The van der Waals surface area contributed by atoms with Crippen LogP contribution in [-0.4, -0.2) is 41.0 Å². The first kappa shape index (κ1) is 16.1. The van der Waals surface area contributed by atoms with Crippen LogP contribution in [0.5, 0.6) is 0 Å². The van der Waals surface area contributed by atoms with Gasteiger partial charge in [0, 0.05) is 25.9 Å². The minimum Gasteiger partial charge on any atom is -0.481 e. The number of carbonyl (C=O) groups excluding carboxylic acids is 2. The molecule has 0 bridgehead atoms. The molecule has 3 amide bonds. The Kier molecular flexibility index (Phi) is 7.42. The largest absolute Gasteiger partial charge is 0.481 e. The van der Waals surface area contributed by atoms with Gasteiger partial charge in [0.25, 0.3) is 0 Å². The number of hydrogen-bond acceptors (Lipinski definition) is 3. The van der Waals surface area contributed by atoms with Gasteiger partial charge in [-0.05, 0) is 20.3 Å². The predicted octanol–water partition coefficient (Wildman–Crippen LogP) is 1.38. The average Bonchev–Trinajstić information content (AvgIpc) is 2.24. The van der Waals surface area contributed by atoms with Gasteiger partial charge in [0.1, 0.15) is 0 Å². The van der Waals surface area contributed by atoms with Crippen LogP contribution >= 0.6 is 0 Å². The van der Waals surface area contributed by atoms with Crippen molar-refractivity contribution in [2.75, 3.05) is 13.1 Å². The maximum absolute atomic E-state index is 11.7. The van der Waals surface area contributed by atoms with Gasteiger partial charge in [-0.1, -0.05) is 12.2 Å². The van der Waals surface area contributed by atoms with Crippen molar-refractivity contribution in [3.8, 4) is 0 Å². The number of carbonyl (C=O) groups is 3. The van der Waals surface area contributed by atoms with Crippen LogP contribution < -0.4 is 5.32 Å². The highest BCUT2D eigenvalue weighted by Crippen LogP contribution is 1.98. The van der Waals surface area contributed by atoms with Crippen molar-refractivity contribution in [2.24, 2.45) is 0 Å². The molecule has 0 aromatic heterocycles. The van der Waals surface area contributed by atoms with Crippen LogP contribution in [-0.2, 0) is 9.59 Å². The van der Waals surface area contributed by atoms with Crippen molar-refractivity contribution < 1.29 is 19.5 Å². The second-order valence-electron chi connectivity index (χ2n) is 4.07. The fourth-order valence-electron chi connectivity index (χ4n) is 1.31. The quantitative estimate of drug-likeness (QED) is 0.674. The molecule has 0 heterocycles. The second-order valence-corrected chi connectivity index (χ2v) is 4.07. The van der Waals surface area contributed by atoms with E-state index < -0.39 is 17.9 Å². The van der Waals surface area contributed by atoms with E-state index in [2.05, 4.69) is 11.9 Å². The first-order chi connectivity index (χ1) is 8.36. The number of nitrogens with one attached hydrogen (secondary N) is 1. The van der Waals surface area contributed by atoms with Crippen LogP contribution in [0.3, 0.4) is 0 Å². The van der Waals surface area contributed by atoms with Gasteiger partial charge in [-0.25, -0.2) is 4.79 Å². The number of imide groups is 1. The molecule has 6 heteroatoms. The smallest absolute Gasteiger partial charge is 0.324 e. The number of rotatable bonds is 7. The summed E-state index contributed by atoms with van der Waals surface area (Å²) in [5, 5.41) is 10.6. The summed E-state index contributed by atoms with van der Waals surface area (Å²) in [5.41, 5.74) is 0.824. The normalized spacial score (nSPS) is 9.67. The molecule has 0 radical (unpaired) electrons. The highest BCUT2D eigenvalue weighted by Gasteiger charge is 2.14. The molecule has 0 spiro atoms. The Balaban J connectivity index is 4.08. The van der Waals surface area contributed by atoms with Gasteiger partial charge in [0.15, 0.2) is 0 Å². The van der Waals surface area contributed by atoms with Gasteiger partial charge >= 0.3 is 12.0 Å². The average molecular weight is 256 g/mol. The van der Waals surface area contributed by atoms with Crippen LogP contribution in [0.15, 0.2) is 12.2 Å². The molecule has 0 saturated heterocycles. The van der Waals surface area contributed by atoms with Gasteiger partial charge < -0.3 is 10.0 Å². The zero-order chi connectivity index (χ0) is 14.1. The molecule has 0 unspecified atom stereocenters. The van der Waals surface area contributed by atoms with Crippen molar-refractivity contribution >= 4 is 17.9 Å². The van der Waals surface area contributed by atoms with Crippen LogP contribution in [0.2, 0.25) is 0 Å². The summed E-state index contributed by atoms with van der Waals surface area (Å²) in [4.78, 5) is 34.7. The van der Waals surface area contributed by atoms with Crippen LogP contribution in [0.1, 0.15) is 33.1 Å². The highest BCUT2D eigenvalue weighted by atomic mass is 16.4. The number of urea groups is 1. The van der Waals surface area contributed by atoms with E-state index in [9.17, 15) is 14.4 Å². The van der Waals surface area contributed by atoms with Crippen molar-refractivity contribution in [3.05, 3.63) is 12.2 Å². The first-order valence-electron chi connectivity index (χ1n) is 5.81. The molecule has 0 rings (SSSR count). The summed E-state index contributed by atoms with van der Waals surface area (Å²) >= 11 is 0. The Labute approximate surface area is 107 Å². The first-order valence-corrected chi connectivity index (χ1v) is 5.81. The van der Waals surface area contributed by atoms with E-state index >= 15 is 0 Å². The molecule has 102 valence electrons. The summed E-state index contributed by atoms with van der Waals surface area (Å²) in [6, 6.07) is -0.471. The van der Waals surface area contributed by atoms with Crippen LogP contribution in [0.4, 0.5) is 4.79 Å². The Hall–Kier alpha value is -1.85. The fourth-order valence-corrected chi connectivity index (χ4v) is 1.31. The minimum atomic E-state index is -0.952. The third-order valence-electron chi connectivity index (χ3n) is 2.17. The molecule has 0 fully saturated rings. The molecule has 0 aliphatic rings. The van der Waals surface area contributed by atoms with Gasteiger partial charge in [-0.15, -0.1) is 0 Å². The number of aliphatic carboxylic acids is 1. The lowest BCUT2D eigenvalue weighted by molar-refractivity contribution is -0.137. The van der Waals surface area contributed by atoms with Crippen molar-refractivity contribution in [3.63, 3.8) is 0 Å². The number of nitrogens with zero attached hydrogens (tertiary/aromatic N) is 1. The number of carboxylic acid groups (broad SMARTS) is 1. The molecule has 0 saturated carbocycles. The van der Waals surface area contributed by atoms with E-state index in [4.69, 9.17) is 5.11 Å². The highest BCUT2D eigenvalue weighted by molar-refractivity contribution is 5.94. The molecule has 6 nitrogen and oxygen atoms in total. The Morgan fingerprint density at radius 3 is 2.33 bits per heavy atom. The van der Waals surface area contributed by atoms with Crippen LogP contribution in [0.25, 0.3) is 0 Å². The second kappa shape index (κ2) is 8.27. The Morgan fingerprint density at radius 2 is 1.89 bits per heavy atom. The topological polar surface area (TPSA) is 86.7 Å². The zero-order valence-electron chi connectivity index (χ0n) is 10.9. The molecule has 0 aromatic rings. The van der Waals surface area contributed by atoms with Gasteiger partial charge in [-0.3, -0.25) is 14.9 Å². The van der Waals surface area contributed by atoms with E-state index in [0.717, 1.165) is 5.57 Å². The van der Waals surface area contributed by atoms with Crippen molar-refractivity contribution in [1.82, 2.24) is 10.2 Å². The van der Waals surface area contributed by atoms with Crippen LogP contribution in [0, 0.1) is 0 Å². The number of likely N-dealkylation sites (N-methyl/N-ethyl adjacent to an activating group) is 1. The molecule has 2 N–H and O–H groups in total. The number of amides is 3. The SMILES string of the molecule is C=C(C)CN(CC)C(=O)NC(=O)CCCC(=O)O. The monoisotopic (exact) mass is 256 g/mol. The van der Waals surface area contributed by atoms with E-state index in [0.29, 0.717) is 13.1 Å². The third-order valence-corrected chi connectivity index (χ3v) is 2.17. The van der Waals surface area contributed by atoms with E-state index in [1.54, 1.807) is 13.8 Å². The lowest BCUT2D eigenvalue weighted by atomic mass is 10.2. The van der Waals surface area contributed by atoms with Crippen molar-refractivity contribution in [1.29, 1.82) is 0 Å². The lowest BCUT2D eigenvalue weighted by Crippen LogP contribution is -2.43. The summed E-state index contributed by atoms with van der Waals surface area (Å²) in [5.74, 6) is -1.41. The maximum Gasteiger partial charge on any atom is 0.324 e. The summed E-state index contributed by atoms with van der Waals surface area (Å²) in [6.07, 6.45) is 0.175. The molecule has 0 aliphatic heterocycles. The van der Waals surface area contributed by atoms with Gasteiger partial charge in [0.05, 0.1) is 0 Å². The molecule has 0 atom stereocenters. The Bertz CT molecular complexity index is 339. The number of hydrogen-bond donors (Lipinski definition) is 2. The molecule has 0 aliphatic carbocycles. The zero-order valence-corrected chi connectivity index (χ0v) is 10.9. The third kappa shape index (κ3) is 7.43. The maximum atomic E-state index is 11.7. The predicted molar refractivity (Wildman–Crippen MR) is 67.1 cm³/mol. The molecule has 0 aromatic carbocycles. The fraction of sp³-hybridized carbons (Fsp3) is 0.583. The standard InChI is InChI=1S/C12H20N2O4/c1-4-14(8-9(2)3)12(18)13-10(15)6-5-7-11(16)17/h2,4-8H2,1,3H3,(H,16,17)(H,13,15,18). The van der Waals surface area contributed by atoms with Crippen molar-refractivity contribution in [2.45, 2.75) is 33.1 Å². The Morgan fingerprint density at radius 1 is 1.28 bits per heavy atom. The summed E-state index contributed by atoms with van der Waals surface area (Å²) < 4.78 is 0. The summed E-state index contributed by atoms with van der Waals surface area (Å²) in [6.45, 7) is 8.17. The minimum absolute atomic E-state index is 0.0304. The van der Waals surface area contributed by atoms with Gasteiger partial charge in [0.2, 0.25) is 5.91 Å². The summed E-state index contributed by atoms with van der Waals surface area (Å²) in [7, 11) is 0. The number of carboxylic acids is 1.